The highest BCUT2D eigenvalue weighted by atomic mass is 32.1. The van der Waals surface area contributed by atoms with Gasteiger partial charge < -0.3 is 16.4 Å². The van der Waals surface area contributed by atoms with E-state index in [0.717, 1.165) is 24.5 Å². The molecule has 1 unspecified atom stereocenters. The van der Waals surface area contributed by atoms with Gasteiger partial charge in [0.05, 0.1) is 16.1 Å². The van der Waals surface area contributed by atoms with E-state index >= 15 is 0 Å². The summed E-state index contributed by atoms with van der Waals surface area (Å²) in [6.07, 6.45) is 1.07. The van der Waals surface area contributed by atoms with Gasteiger partial charge in [0.1, 0.15) is 5.00 Å². The molecule has 1 aliphatic heterocycles. The molecule has 0 bridgehead atoms. The number of anilines is 2. The van der Waals surface area contributed by atoms with Crippen molar-refractivity contribution in [3.63, 3.8) is 0 Å². The standard InChI is InChI=1S/C12H17N3O2S/c1-6-3-4-15(5-6)12-8(11(14)17)9(13)10(18-12)7(2)16/h6H,3-5,13H2,1-2H3,(H2,14,17). The summed E-state index contributed by atoms with van der Waals surface area (Å²) in [5, 5.41) is 0.745. The predicted molar refractivity (Wildman–Crippen MR) is 73.2 cm³/mol. The van der Waals surface area contributed by atoms with E-state index in [1.807, 2.05) is 0 Å². The van der Waals surface area contributed by atoms with Crippen LogP contribution in [0.5, 0.6) is 0 Å². The Morgan fingerprint density at radius 1 is 1.44 bits per heavy atom. The molecule has 1 amide bonds. The molecule has 18 heavy (non-hydrogen) atoms. The van der Waals surface area contributed by atoms with Gasteiger partial charge in [0.15, 0.2) is 5.78 Å². The van der Waals surface area contributed by atoms with E-state index in [0.29, 0.717) is 16.4 Å². The van der Waals surface area contributed by atoms with Gasteiger partial charge in [-0.25, -0.2) is 0 Å². The molecule has 1 aliphatic rings. The Bertz CT molecular complexity index is 510. The van der Waals surface area contributed by atoms with Gasteiger partial charge in [-0.2, -0.15) is 0 Å². The molecule has 4 N–H and O–H groups in total. The number of thiophene rings is 1. The minimum Gasteiger partial charge on any atom is -0.397 e. The number of nitrogens with two attached hydrogens (primary N) is 2. The van der Waals surface area contributed by atoms with Crippen LogP contribution < -0.4 is 16.4 Å². The molecule has 2 rings (SSSR count). The monoisotopic (exact) mass is 267 g/mol. The number of amides is 1. The lowest BCUT2D eigenvalue weighted by molar-refractivity contribution is 0.100. The summed E-state index contributed by atoms with van der Waals surface area (Å²) >= 11 is 1.27. The Kier molecular flexibility index (Phi) is 3.30. The van der Waals surface area contributed by atoms with Crippen molar-refractivity contribution in [3.05, 3.63) is 10.4 Å². The molecule has 6 heteroatoms. The van der Waals surface area contributed by atoms with E-state index in [9.17, 15) is 9.59 Å². The molecule has 0 aromatic carbocycles. The number of carbonyl (C=O) groups excluding carboxylic acids is 2. The first-order valence-electron chi connectivity index (χ1n) is 5.89. The largest absolute Gasteiger partial charge is 0.397 e. The summed E-state index contributed by atoms with van der Waals surface area (Å²) < 4.78 is 0. The average Bonchev–Trinajstić information content (AvgIpc) is 2.81. The van der Waals surface area contributed by atoms with Gasteiger partial charge >= 0.3 is 0 Å². The first-order valence-corrected chi connectivity index (χ1v) is 6.71. The molecular weight excluding hydrogens is 250 g/mol. The molecule has 1 fully saturated rings. The fourth-order valence-corrected chi connectivity index (χ4v) is 3.43. The van der Waals surface area contributed by atoms with Crippen LogP contribution in [-0.4, -0.2) is 24.8 Å². The zero-order valence-corrected chi connectivity index (χ0v) is 11.3. The maximum Gasteiger partial charge on any atom is 0.253 e. The lowest BCUT2D eigenvalue weighted by Crippen LogP contribution is -2.22. The van der Waals surface area contributed by atoms with Gasteiger partial charge in [-0.3, -0.25) is 9.59 Å². The predicted octanol–water partition coefficient (Wildman–Crippen LogP) is 1.48. The molecular formula is C12H17N3O2S. The maximum absolute atomic E-state index is 11.5. The third kappa shape index (κ3) is 2.08. The topological polar surface area (TPSA) is 89.4 Å². The minimum absolute atomic E-state index is 0.126. The fourth-order valence-electron chi connectivity index (χ4n) is 2.27. The van der Waals surface area contributed by atoms with Crippen molar-refractivity contribution in [3.8, 4) is 0 Å². The second-order valence-electron chi connectivity index (χ2n) is 4.79. The van der Waals surface area contributed by atoms with Crippen LogP contribution in [0.1, 0.15) is 40.3 Å². The third-order valence-electron chi connectivity index (χ3n) is 3.20. The normalized spacial score (nSPS) is 19.2. The number of nitrogens with zero attached hydrogens (tertiary/aromatic N) is 1. The molecule has 0 aliphatic carbocycles. The van der Waals surface area contributed by atoms with Gasteiger partial charge in [-0.15, -0.1) is 11.3 Å². The average molecular weight is 267 g/mol. The highest BCUT2D eigenvalue weighted by molar-refractivity contribution is 7.19. The number of hydrogen-bond acceptors (Lipinski definition) is 5. The van der Waals surface area contributed by atoms with Crippen LogP contribution in [-0.2, 0) is 0 Å². The molecule has 5 nitrogen and oxygen atoms in total. The number of ketones is 1. The molecule has 2 heterocycles. The van der Waals surface area contributed by atoms with E-state index in [1.165, 1.54) is 18.3 Å². The highest BCUT2D eigenvalue weighted by Gasteiger charge is 2.29. The Labute approximate surface area is 110 Å². The van der Waals surface area contributed by atoms with Crippen molar-refractivity contribution in [2.45, 2.75) is 20.3 Å². The first-order chi connectivity index (χ1) is 8.41. The molecule has 1 atom stereocenters. The number of primary amides is 1. The van der Waals surface area contributed by atoms with Crippen LogP contribution >= 0.6 is 11.3 Å². The van der Waals surface area contributed by atoms with E-state index < -0.39 is 5.91 Å². The van der Waals surface area contributed by atoms with E-state index in [2.05, 4.69) is 11.8 Å². The van der Waals surface area contributed by atoms with Crippen molar-refractivity contribution in [2.24, 2.45) is 11.7 Å². The summed E-state index contributed by atoms with van der Waals surface area (Å²) in [4.78, 5) is 25.5. The zero-order chi connectivity index (χ0) is 13.4. The van der Waals surface area contributed by atoms with Crippen LogP contribution in [0.4, 0.5) is 10.7 Å². The van der Waals surface area contributed by atoms with Gasteiger partial charge in [0.25, 0.3) is 5.91 Å². The number of carbonyl (C=O) groups is 2. The first kappa shape index (κ1) is 12.9. The second kappa shape index (κ2) is 4.61. The Morgan fingerprint density at radius 2 is 2.11 bits per heavy atom. The summed E-state index contributed by atoms with van der Waals surface area (Å²) in [5.74, 6) is -0.112. The summed E-state index contributed by atoms with van der Waals surface area (Å²) in [7, 11) is 0. The lowest BCUT2D eigenvalue weighted by atomic mass is 10.2. The summed E-state index contributed by atoms with van der Waals surface area (Å²) in [6.45, 7) is 5.35. The van der Waals surface area contributed by atoms with E-state index in [4.69, 9.17) is 11.5 Å². The quantitative estimate of drug-likeness (QED) is 0.812. The van der Waals surface area contributed by atoms with Gasteiger partial charge in [0, 0.05) is 20.0 Å². The van der Waals surface area contributed by atoms with Gasteiger partial charge in [-0.05, 0) is 12.3 Å². The van der Waals surface area contributed by atoms with Crippen LogP contribution in [0, 0.1) is 5.92 Å². The van der Waals surface area contributed by atoms with Crippen LogP contribution in [0.25, 0.3) is 0 Å². The number of nitrogen functional groups attached to an aromatic ring is 1. The minimum atomic E-state index is -0.564. The molecule has 0 spiro atoms. The van der Waals surface area contributed by atoms with Crippen molar-refractivity contribution in [1.82, 2.24) is 0 Å². The van der Waals surface area contributed by atoms with Crippen molar-refractivity contribution < 1.29 is 9.59 Å². The van der Waals surface area contributed by atoms with Crippen molar-refractivity contribution in [1.29, 1.82) is 0 Å². The smallest absolute Gasteiger partial charge is 0.253 e. The van der Waals surface area contributed by atoms with Gasteiger partial charge in [-0.1, -0.05) is 6.92 Å². The lowest BCUT2D eigenvalue weighted by Gasteiger charge is -2.17. The molecule has 1 aromatic rings. The maximum atomic E-state index is 11.5. The zero-order valence-electron chi connectivity index (χ0n) is 10.5. The summed E-state index contributed by atoms with van der Waals surface area (Å²) in [5.41, 5.74) is 11.8. The van der Waals surface area contributed by atoms with Crippen molar-refractivity contribution in [2.75, 3.05) is 23.7 Å². The van der Waals surface area contributed by atoms with Crippen LogP contribution in [0.3, 0.4) is 0 Å². The van der Waals surface area contributed by atoms with E-state index in [1.54, 1.807) is 0 Å². The number of hydrogen-bond donors (Lipinski definition) is 2. The Hall–Kier alpha value is -1.56. The summed E-state index contributed by atoms with van der Waals surface area (Å²) in [6, 6.07) is 0. The molecule has 98 valence electrons. The highest BCUT2D eigenvalue weighted by Crippen LogP contribution is 2.40. The van der Waals surface area contributed by atoms with Crippen molar-refractivity contribution >= 4 is 33.7 Å². The second-order valence-corrected chi connectivity index (χ2v) is 5.78. The fraction of sp³-hybridized carbons (Fsp3) is 0.500. The molecule has 0 radical (unpaired) electrons. The van der Waals surface area contributed by atoms with Crippen LogP contribution in [0.2, 0.25) is 0 Å². The van der Waals surface area contributed by atoms with Gasteiger partial charge in [0.2, 0.25) is 0 Å². The molecule has 1 aromatic heterocycles. The Balaban J connectivity index is 2.49. The SMILES string of the molecule is CC(=O)c1sc(N2CCC(C)C2)c(C(N)=O)c1N. The number of rotatable bonds is 3. The number of Topliss-reactive ketones (excluding diaryl/α,β-unsaturated/α-hetero) is 1. The van der Waals surface area contributed by atoms with Crippen LogP contribution in [0.15, 0.2) is 0 Å². The molecule has 0 saturated carbocycles. The molecule has 1 saturated heterocycles. The van der Waals surface area contributed by atoms with E-state index in [-0.39, 0.29) is 11.5 Å². The Morgan fingerprint density at radius 3 is 2.56 bits per heavy atom. The third-order valence-corrected chi connectivity index (χ3v) is 4.57.